The van der Waals surface area contributed by atoms with Gasteiger partial charge in [0.15, 0.2) is 0 Å². The van der Waals surface area contributed by atoms with Gasteiger partial charge in [-0.25, -0.2) is 9.59 Å². The first-order valence-electron chi connectivity index (χ1n) is 5.06. The SMILES string of the molecule is C/C=C(\NC(C)C(=O)OC(C)(C)C)C(=O)O. The van der Waals surface area contributed by atoms with Gasteiger partial charge in [-0.1, -0.05) is 6.08 Å². The first kappa shape index (κ1) is 14.5. The van der Waals surface area contributed by atoms with Gasteiger partial charge in [0.25, 0.3) is 0 Å². The van der Waals surface area contributed by atoms with Crippen molar-refractivity contribution in [3.8, 4) is 0 Å². The van der Waals surface area contributed by atoms with Gasteiger partial charge in [0.2, 0.25) is 0 Å². The maximum atomic E-state index is 11.5. The van der Waals surface area contributed by atoms with Gasteiger partial charge in [-0.05, 0) is 34.6 Å². The van der Waals surface area contributed by atoms with Gasteiger partial charge in [-0.3, -0.25) is 0 Å². The van der Waals surface area contributed by atoms with Crippen LogP contribution in [0.1, 0.15) is 34.6 Å². The molecule has 0 aliphatic rings. The number of hydrogen-bond acceptors (Lipinski definition) is 4. The minimum Gasteiger partial charge on any atom is -0.477 e. The van der Waals surface area contributed by atoms with Crippen molar-refractivity contribution in [2.75, 3.05) is 0 Å². The van der Waals surface area contributed by atoms with Crippen LogP contribution in [0.3, 0.4) is 0 Å². The largest absolute Gasteiger partial charge is 0.477 e. The number of carbonyl (C=O) groups excluding carboxylic acids is 1. The predicted molar refractivity (Wildman–Crippen MR) is 59.8 cm³/mol. The number of aliphatic carboxylic acids is 1. The van der Waals surface area contributed by atoms with E-state index in [4.69, 9.17) is 9.84 Å². The third-order valence-corrected chi connectivity index (χ3v) is 1.65. The number of nitrogens with one attached hydrogen (secondary N) is 1. The Hall–Kier alpha value is -1.52. The molecule has 5 nitrogen and oxygen atoms in total. The number of carboxylic acids is 1. The zero-order valence-corrected chi connectivity index (χ0v) is 10.3. The van der Waals surface area contributed by atoms with Crippen LogP contribution in [-0.2, 0) is 14.3 Å². The maximum absolute atomic E-state index is 11.5. The van der Waals surface area contributed by atoms with Crippen molar-refractivity contribution < 1.29 is 19.4 Å². The van der Waals surface area contributed by atoms with E-state index in [9.17, 15) is 9.59 Å². The Labute approximate surface area is 95.5 Å². The summed E-state index contributed by atoms with van der Waals surface area (Å²) in [6, 6.07) is -0.693. The predicted octanol–water partition coefficient (Wildman–Crippen LogP) is 1.29. The molecule has 0 rings (SSSR count). The van der Waals surface area contributed by atoms with E-state index in [0.29, 0.717) is 0 Å². The third-order valence-electron chi connectivity index (χ3n) is 1.65. The summed E-state index contributed by atoms with van der Waals surface area (Å²) >= 11 is 0. The molecule has 5 heteroatoms. The lowest BCUT2D eigenvalue weighted by Gasteiger charge is -2.23. The van der Waals surface area contributed by atoms with E-state index < -0.39 is 23.6 Å². The summed E-state index contributed by atoms with van der Waals surface area (Å²) in [5.74, 6) is -1.58. The number of carbonyl (C=O) groups is 2. The van der Waals surface area contributed by atoms with Gasteiger partial charge in [0.05, 0.1) is 0 Å². The number of hydrogen-bond donors (Lipinski definition) is 2. The molecule has 92 valence electrons. The fourth-order valence-corrected chi connectivity index (χ4v) is 0.951. The van der Waals surface area contributed by atoms with Crippen LogP contribution in [0.2, 0.25) is 0 Å². The summed E-state index contributed by atoms with van der Waals surface area (Å²) in [6.45, 7) is 8.40. The van der Waals surface area contributed by atoms with Gasteiger partial charge in [0, 0.05) is 0 Å². The molecule has 0 heterocycles. The van der Waals surface area contributed by atoms with Crippen molar-refractivity contribution in [2.24, 2.45) is 0 Å². The molecule has 0 radical (unpaired) electrons. The molecular formula is C11H19NO4. The van der Waals surface area contributed by atoms with Crippen molar-refractivity contribution in [1.29, 1.82) is 0 Å². The fourth-order valence-electron chi connectivity index (χ4n) is 0.951. The highest BCUT2D eigenvalue weighted by molar-refractivity contribution is 5.87. The van der Waals surface area contributed by atoms with Crippen LogP contribution < -0.4 is 5.32 Å². The van der Waals surface area contributed by atoms with Crippen molar-refractivity contribution in [2.45, 2.75) is 46.3 Å². The second kappa shape index (κ2) is 5.53. The van der Waals surface area contributed by atoms with E-state index in [-0.39, 0.29) is 5.70 Å². The smallest absolute Gasteiger partial charge is 0.351 e. The van der Waals surface area contributed by atoms with Crippen molar-refractivity contribution in [3.63, 3.8) is 0 Å². The number of allylic oxidation sites excluding steroid dienone is 1. The Morgan fingerprint density at radius 3 is 2.19 bits per heavy atom. The molecule has 0 saturated heterocycles. The number of ether oxygens (including phenoxy) is 1. The molecule has 0 aromatic rings. The normalized spacial score (nSPS) is 14.2. The maximum Gasteiger partial charge on any atom is 0.351 e. The summed E-state index contributed by atoms with van der Waals surface area (Å²) in [7, 11) is 0. The number of rotatable bonds is 4. The van der Waals surface area contributed by atoms with E-state index in [1.807, 2.05) is 0 Å². The molecule has 16 heavy (non-hydrogen) atoms. The highest BCUT2D eigenvalue weighted by Crippen LogP contribution is 2.08. The van der Waals surface area contributed by atoms with Gasteiger partial charge in [0.1, 0.15) is 17.3 Å². The Morgan fingerprint density at radius 1 is 1.38 bits per heavy atom. The Bertz CT molecular complexity index is 302. The average molecular weight is 229 g/mol. The first-order valence-corrected chi connectivity index (χ1v) is 5.06. The van der Waals surface area contributed by atoms with Crippen LogP contribution in [0.5, 0.6) is 0 Å². The summed E-state index contributed by atoms with van der Waals surface area (Å²) in [6.07, 6.45) is 1.39. The van der Waals surface area contributed by atoms with Gasteiger partial charge < -0.3 is 15.2 Å². The standard InChI is InChI=1S/C11H19NO4/c1-6-8(9(13)14)12-7(2)10(15)16-11(3,4)5/h6-7,12H,1-5H3,(H,13,14)/b8-6-. The van der Waals surface area contributed by atoms with E-state index in [1.165, 1.54) is 6.08 Å². The highest BCUT2D eigenvalue weighted by atomic mass is 16.6. The lowest BCUT2D eigenvalue weighted by molar-refractivity contribution is -0.156. The van der Waals surface area contributed by atoms with Crippen LogP contribution in [0.25, 0.3) is 0 Å². The second-order valence-electron chi connectivity index (χ2n) is 4.41. The fraction of sp³-hybridized carbons (Fsp3) is 0.636. The number of carboxylic acid groups (broad SMARTS) is 1. The monoisotopic (exact) mass is 229 g/mol. The summed E-state index contributed by atoms with van der Waals surface area (Å²) < 4.78 is 5.10. The van der Waals surface area contributed by atoms with Gasteiger partial charge in [-0.2, -0.15) is 0 Å². The van der Waals surface area contributed by atoms with E-state index in [1.54, 1.807) is 34.6 Å². The van der Waals surface area contributed by atoms with Crippen molar-refractivity contribution in [1.82, 2.24) is 5.32 Å². The highest BCUT2D eigenvalue weighted by Gasteiger charge is 2.23. The topological polar surface area (TPSA) is 75.6 Å². The zero-order valence-electron chi connectivity index (χ0n) is 10.3. The quantitative estimate of drug-likeness (QED) is 0.561. The lowest BCUT2D eigenvalue weighted by atomic mass is 10.2. The summed E-state index contributed by atoms with van der Waals surface area (Å²) in [4.78, 5) is 22.2. The number of esters is 1. The molecule has 0 amide bonds. The molecule has 1 atom stereocenters. The van der Waals surface area contributed by atoms with Crippen LogP contribution in [0, 0.1) is 0 Å². The van der Waals surface area contributed by atoms with Crippen LogP contribution in [0.15, 0.2) is 11.8 Å². The molecule has 0 spiro atoms. The third kappa shape index (κ3) is 5.38. The lowest BCUT2D eigenvalue weighted by Crippen LogP contribution is -2.40. The Balaban J connectivity index is 4.42. The van der Waals surface area contributed by atoms with Crippen LogP contribution >= 0.6 is 0 Å². The molecule has 0 bridgehead atoms. The molecular weight excluding hydrogens is 210 g/mol. The van der Waals surface area contributed by atoms with E-state index in [2.05, 4.69) is 5.32 Å². The molecule has 0 aliphatic heterocycles. The molecule has 0 saturated carbocycles. The van der Waals surface area contributed by atoms with E-state index >= 15 is 0 Å². The molecule has 0 fully saturated rings. The molecule has 0 aromatic heterocycles. The van der Waals surface area contributed by atoms with Crippen molar-refractivity contribution in [3.05, 3.63) is 11.8 Å². The molecule has 0 aliphatic carbocycles. The molecule has 0 aromatic carbocycles. The van der Waals surface area contributed by atoms with E-state index in [0.717, 1.165) is 0 Å². The van der Waals surface area contributed by atoms with Crippen LogP contribution in [0.4, 0.5) is 0 Å². The Morgan fingerprint density at radius 2 is 1.88 bits per heavy atom. The molecule has 1 unspecified atom stereocenters. The minimum absolute atomic E-state index is 0.0154. The Kier molecular flexibility index (Phi) is 5.01. The van der Waals surface area contributed by atoms with Crippen LogP contribution in [-0.4, -0.2) is 28.7 Å². The summed E-state index contributed by atoms with van der Waals surface area (Å²) in [5.41, 5.74) is -0.592. The van der Waals surface area contributed by atoms with Crippen molar-refractivity contribution >= 4 is 11.9 Å². The molecule has 2 N–H and O–H groups in total. The second-order valence-corrected chi connectivity index (χ2v) is 4.41. The zero-order chi connectivity index (χ0) is 12.9. The minimum atomic E-state index is -1.10. The van der Waals surface area contributed by atoms with Gasteiger partial charge in [-0.15, -0.1) is 0 Å². The first-order chi connectivity index (χ1) is 7.17. The average Bonchev–Trinajstić information content (AvgIpc) is 2.10. The summed E-state index contributed by atoms with van der Waals surface area (Å²) in [5, 5.41) is 11.3. The van der Waals surface area contributed by atoms with Gasteiger partial charge >= 0.3 is 11.9 Å².